The van der Waals surface area contributed by atoms with Crippen molar-refractivity contribution in [3.05, 3.63) is 47.7 Å². The fourth-order valence-electron chi connectivity index (χ4n) is 3.11. The van der Waals surface area contributed by atoms with Gasteiger partial charge in [-0.05, 0) is 31.4 Å². The third-order valence-electron chi connectivity index (χ3n) is 4.58. The van der Waals surface area contributed by atoms with Crippen LogP contribution in [0.4, 0.5) is 5.82 Å². The molecule has 2 heterocycles. The summed E-state index contributed by atoms with van der Waals surface area (Å²) in [5, 5.41) is 7.50. The molecule has 0 unspecified atom stereocenters. The lowest BCUT2D eigenvalue weighted by molar-refractivity contribution is 0.102. The number of sulfone groups is 1. The van der Waals surface area contributed by atoms with Crippen LogP contribution in [0.1, 0.15) is 47.3 Å². The number of benzene rings is 1. The molecule has 1 aromatic carbocycles. The number of hydrogen-bond acceptors (Lipinski definition) is 4. The Balaban J connectivity index is 1.63. The molecule has 24 heavy (non-hydrogen) atoms. The van der Waals surface area contributed by atoms with Crippen LogP contribution in [0.15, 0.2) is 36.4 Å². The molecule has 1 N–H and O–H groups in total. The molecule has 2 aliphatic rings. The highest BCUT2D eigenvalue weighted by molar-refractivity contribution is 7.91. The maximum atomic E-state index is 12.4. The van der Waals surface area contributed by atoms with Crippen molar-refractivity contribution < 1.29 is 13.2 Å². The molecule has 1 aliphatic carbocycles. The summed E-state index contributed by atoms with van der Waals surface area (Å²) >= 11 is 0. The number of aromatic nitrogens is 2. The van der Waals surface area contributed by atoms with Gasteiger partial charge in [-0.25, -0.2) is 13.1 Å². The number of carbonyl (C=O) groups excluding carboxylic acids is 1. The van der Waals surface area contributed by atoms with Gasteiger partial charge in [0, 0.05) is 17.5 Å². The van der Waals surface area contributed by atoms with Gasteiger partial charge in [-0.2, -0.15) is 5.10 Å². The number of rotatable bonds is 4. The molecule has 2 aromatic rings. The molecule has 126 valence electrons. The van der Waals surface area contributed by atoms with Crippen molar-refractivity contribution in [2.45, 2.75) is 31.2 Å². The monoisotopic (exact) mass is 345 g/mol. The summed E-state index contributed by atoms with van der Waals surface area (Å²) in [5.41, 5.74) is 1.51. The Morgan fingerprint density at radius 2 is 1.92 bits per heavy atom. The second kappa shape index (κ2) is 5.73. The molecular weight excluding hydrogens is 326 g/mol. The Bertz CT molecular complexity index is 870. The molecule has 1 saturated carbocycles. The van der Waals surface area contributed by atoms with Gasteiger partial charge in [-0.3, -0.25) is 4.79 Å². The highest BCUT2D eigenvalue weighted by atomic mass is 32.2. The fraction of sp³-hybridized carbons (Fsp3) is 0.412. The summed E-state index contributed by atoms with van der Waals surface area (Å²) in [6, 6.07) is 10.7. The molecule has 0 spiro atoms. The van der Waals surface area contributed by atoms with Crippen LogP contribution in [-0.2, 0) is 9.84 Å². The van der Waals surface area contributed by atoms with Crippen LogP contribution in [-0.4, -0.2) is 35.6 Å². The number of anilines is 1. The second-order valence-electron chi connectivity index (χ2n) is 6.55. The van der Waals surface area contributed by atoms with E-state index in [1.54, 1.807) is 16.8 Å². The maximum absolute atomic E-state index is 12.4. The lowest BCUT2D eigenvalue weighted by atomic mass is 10.2. The van der Waals surface area contributed by atoms with Crippen molar-refractivity contribution in [3.63, 3.8) is 0 Å². The van der Waals surface area contributed by atoms with Crippen LogP contribution < -0.4 is 5.32 Å². The molecule has 1 atom stereocenters. The zero-order valence-electron chi connectivity index (χ0n) is 13.2. The van der Waals surface area contributed by atoms with Crippen LogP contribution in [0.2, 0.25) is 0 Å². The molecule has 4 rings (SSSR count). The van der Waals surface area contributed by atoms with E-state index in [9.17, 15) is 13.2 Å². The molecule has 0 radical (unpaired) electrons. The average molecular weight is 345 g/mol. The van der Waals surface area contributed by atoms with E-state index in [-0.39, 0.29) is 23.5 Å². The number of hydrogen-bond donors (Lipinski definition) is 1. The van der Waals surface area contributed by atoms with E-state index in [4.69, 9.17) is 0 Å². The number of carbonyl (C=O) groups is 1. The molecule has 7 heteroatoms. The lowest BCUT2D eigenvalue weighted by Gasteiger charge is -2.13. The van der Waals surface area contributed by atoms with E-state index >= 15 is 0 Å². The Morgan fingerprint density at radius 3 is 2.54 bits per heavy atom. The second-order valence-corrected chi connectivity index (χ2v) is 8.78. The standard InChI is InChI=1S/C17H19N3O3S/c21-17(13-4-2-1-3-5-13)18-16-10-15(12-6-7-12)19-20(16)14-8-9-24(22,23)11-14/h1-5,10,12,14H,6-9,11H2,(H,18,21)/t14-/m0/s1. The predicted octanol–water partition coefficient (Wildman–Crippen LogP) is 2.37. The van der Waals surface area contributed by atoms with E-state index in [0.717, 1.165) is 18.5 Å². The summed E-state index contributed by atoms with van der Waals surface area (Å²) in [6.07, 6.45) is 2.75. The zero-order chi connectivity index (χ0) is 16.7. The number of nitrogens with zero attached hydrogens (tertiary/aromatic N) is 2. The minimum absolute atomic E-state index is 0.0903. The third-order valence-corrected chi connectivity index (χ3v) is 6.33. The first-order valence-corrected chi connectivity index (χ1v) is 10.0. The van der Waals surface area contributed by atoms with Gasteiger partial charge in [0.25, 0.3) is 5.91 Å². The van der Waals surface area contributed by atoms with Crippen LogP contribution in [0.3, 0.4) is 0 Å². The smallest absolute Gasteiger partial charge is 0.256 e. The van der Waals surface area contributed by atoms with Gasteiger partial charge in [0.05, 0.1) is 23.2 Å². The van der Waals surface area contributed by atoms with Crippen LogP contribution in [0.5, 0.6) is 0 Å². The highest BCUT2D eigenvalue weighted by Crippen LogP contribution is 2.41. The highest BCUT2D eigenvalue weighted by Gasteiger charge is 2.34. The maximum Gasteiger partial charge on any atom is 0.256 e. The Kier molecular flexibility index (Phi) is 3.68. The van der Waals surface area contributed by atoms with E-state index in [1.165, 1.54) is 0 Å². The van der Waals surface area contributed by atoms with Gasteiger partial charge >= 0.3 is 0 Å². The molecule has 1 aliphatic heterocycles. The molecule has 6 nitrogen and oxygen atoms in total. The lowest BCUT2D eigenvalue weighted by Crippen LogP contribution is -2.19. The largest absolute Gasteiger partial charge is 0.307 e. The number of nitrogens with one attached hydrogen (secondary N) is 1. The molecular formula is C17H19N3O3S. The summed E-state index contributed by atoms with van der Waals surface area (Å²) in [6.45, 7) is 0. The van der Waals surface area contributed by atoms with Gasteiger partial charge in [0.2, 0.25) is 0 Å². The third kappa shape index (κ3) is 3.08. The SMILES string of the molecule is O=C(Nc1cc(C2CC2)nn1[C@H]1CCS(=O)(=O)C1)c1ccccc1. The van der Waals surface area contributed by atoms with E-state index in [2.05, 4.69) is 10.4 Å². The quantitative estimate of drug-likeness (QED) is 0.922. The molecule has 1 amide bonds. The first-order valence-electron chi connectivity index (χ1n) is 8.18. The van der Waals surface area contributed by atoms with Gasteiger partial charge in [-0.15, -0.1) is 0 Å². The fourth-order valence-corrected chi connectivity index (χ4v) is 4.80. The molecule has 2 fully saturated rings. The summed E-state index contributed by atoms with van der Waals surface area (Å²) in [7, 11) is -3.01. The van der Waals surface area contributed by atoms with Gasteiger partial charge in [0.1, 0.15) is 5.82 Å². The summed E-state index contributed by atoms with van der Waals surface area (Å²) in [4.78, 5) is 12.4. The minimum atomic E-state index is -3.01. The van der Waals surface area contributed by atoms with E-state index in [1.807, 2.05) is 24.3 Å². The van der Waals surface area contributed by atoms with Crippen molar-refractivity contribution in [1.29, 1.82) is 0 Å². The topological polar surface area (TPSA) is 81.1 Å². The average Bonchev–Trinajstić information content (AvgIpc) is 3.24. The van der Waals surface area contributed by atoms with Crippen molar-refractivity contribution >= 4 is 21.6 Å². The van der Waals surface area contributed by atoms with Crippen molar-refractivity contribution in [1.82, 2.24) is 9.78 Å². The summed E-state index contributed by atoms with van der Waals surface area (Å²) in [5.74, 6) is 1.10. The molecule has 1 aromatic heterocycles. The van der Waals surface area contributed by atoms with Crippen LogP contribution >= 0.6 is 0 Å². The Labute approximate surface area is 140 Å². The minimum Gasteiger partial charge on any atom is -0.307 e. The molecule has 0 bridgehead atoms. The van der Waals surface area contributed by atoms with E-state index in [0.29, 0.717) is 23.7 Å². The Hall–Kier alpha value is -2.15. The van der Waals surface area contributed by atoms with Crippen LogP contribution in [0, 0.1) is 0 Å². The van der Waals surface area contributed by atoms with Crippen molar-refractivity contribution in [3.8, 4) is 0 Å². The van der Waals surface area contributed by atoms with Crippen molar-refractivity contribution in [2.24, 2.45) is 0 Å². The Morgan fingerprint density at radius 1 is 1.17 bits per heavy atom. The first kappa shape index (κ1) is 15.4. The predicted molar refractivity (Wildman–Crippen MR) is 90.9 cm³/mol. The van der Waals surface area contributed by atoms with E-state index < -0.39 is 9.84 Å². The zero-order valence-corrected chi connectivity index (χ0v) is 14.0. The van der Waals surface area contributed by atoms with Gasteiger partial charge < -0.3 is 5.32 Å². The normalized spacial score (nSPS) is 22.4. The summed E-state index contributed by atoms with van der Waals surface area (Å²) < 4.78 is 25.3. The van der Waals surface area contributed by atoms with Gasteiger partial charge in [-0.1, -0.05) is 18.2 Å². The number of amides is 1. The molecule has 1 saturated heterocycles. The van der Waals surface area contributed by atoms with Gasteiger partial charge in [0.15, 0.2) is 9.84 Å². The van der Waals surface area contributed by atoms with Crippen molar-refractivity contribution in [2.75, 3.05) is 16.8 Å². The van der Waals surface area contributed by atoms with Crippen LogP contribution in [0.25, 0.3) is 0 Å². The first-order chi connectivity index (χ1) is 11.5.